The summed E-state index contributed by atoms with van der Waals surface area (Å²) in [6, 6.07) is 9.54. The van der Waals surface area contributed by atoms with Crippen LogP contribution in [0.3, 0.4) is 0 Å². The number of amides is 1. The first-order valence-corrected chi connectivity index (χ1v) is 9.70. The standard InChI is InChI=1S/C22H15F6N3O2/c23-21(24,25)14-8-13(9-15(10-14)22(26,27)28)20(33)31-7-6-17-16(11-31)19(32)30-18(29-17)12-4-2-1-3-5-12/h1-5,8-10H,6-7,11H2,(H,29,30,32). The van der Waals surface area contributed by atoms with Crippen molar-refractivity contribution in [3.63, 3.8) is 0 Å². The molecule has 0 saturated carbocycles. The van der Waals surface area contributed by atoms with E-state index >= 15 is 0 Å². The molecule has 0 fully saturated rings. The summed E-state index contributed by atoms with van der Waals surface area (Å²) in [6.45, 7) is -0.308. The van der Waals surface area contributed by atoms with Gasteiger partial charge in [0.25, 0.3) is 11.5 Å². The first-order valence-electron chi connectivity index (χ1n) is 9.70. The minimum absolute atomic E-state index is 0.0197. The number of fused-ring (bicyclic) bond motifs is 1. The molecule has 2 aromatic carbocycles. The molecule has 0 bridgehead atoms. The number of nitrogens with zero attached hydrogens (tertiary/aromatic N) is 2. The largest absolute Gasteiger partial charge is 0.416 e. The molecule has 0 saturated heterocycles. The van der Waals surface area contributed by atoms with Crippen LogP contribution in [0.15, 0.2) is 53.3 Å². The van der Waals surface area contributed by atoms with E-state index in [2.05, 4.69) is 9.97 Å². The molecule has 1 aliphatic heterocycles. The van der Waals surface area contributed by atoms with Crippen LogP contribution in [0, 0.1) is 0 Å². The maximum atomic E-state index is 13.1. The number of hydrogen-bond acceptors (Lipinski definition) is 3. The smallest absolute Gasteiger partial charge is 0.334 e. The number of carbonyl (C=O) groups excluding carboxylic acids is 1. The third-order valence-corrected chi connectivity index (χ3v) is 5.24. The lowest BCUT2D eigenvalue weighted by Crippen LogP contribution is -2.39. The van der Waals surface area contributed by atoms with Crippen LogP contribution in [-0.4, -0.2) is 27.3 Å². The molecule has 1 aliphatic rings. The van der Waals surface area contributed by atoms with E-state index in [1.807, 2.05) is 0 Å². The Bertz CT molecular complexity index is 1230. The van der Waals surface area contributed by atoms with Gasteiger partial charge in [-0.05, 0) is 18.2 Å². The highest BCUT2D eigenvalue weighted by atomic mass is 19.4. The van der Waals surface area contributed by atoms with Crippen LogP contribution in [0.5, 0.6) is 0 Å². The Morgan fingerprint density at radius 1 is 0.939 bits per heavy atom. The second-order valence-electron chi connectivity index (χ2n) is 7.48. The molecule has 4 rings (SSSR count). The summed E-state index contributed by atoms with van der Waals surface area (Å²) in [5.41, 5.74) is -3.23. The summed E-state index contributed by atoms with van der Waals surface area (Å²) in [7, 11) is 0. The van der Waals surface area contributed by atoms with E-state index < -0.39 is 40.5 Å². The highest BCUT2D eigenvalue weighted by Crippen LogP contribution is 2.36. The zero-order valence-electron chi connectivity index (χ0n) is 16.7. The Kier molecular flexibility index (Phi) is 5.51. The van der Waals surface area contributed by atoms with Crippen LogP contribution in [0.2, 0.25) is 0 Å². The molecule has 172 valence electrons. The number of benzene rings is 2. The van der Waals surface area contributed by atoms with Crippen LogP contribution in [-0.2, 0) is 25.3 Å². The molecule has 1 amide bonds. The molecule has 5 nitrogen and oxygen atoms in total. The van der Waals surface area contributed by atoms with Crippen molar-refractivity contribution < 1.29 is 31.1 Å². The van der Waals surface area contributed by atoms with Gasteiger partial charge in [-0.15, -0.1) is 0 Å². The predicted molar refractivity (Wildman–Crippen MR) is 105 cm³/mol. The summed E-state index contributed by atoms with van der Waals surface area (Å²) in [5.74, 6) is -0.712. The minimum Gasteiger partial charge on any atom is -0.334 e. The van der Waals surface area contributed by atoms with Gasteiger partial charge >= 0.3 is 12.4 Å². The number of hydrogen-bond donors (Lipinski definition) is 1. The third kappa shape index (κ3) is 4.62. The van der Waals surface area contributed by atoms with Crippen LogP contribution in [0.1, 0.15) is 32.7 Å². The number of rotatable bonds is 2. The van der Waals surface area contributed by atoms with E-state index in [4.69, 9.17) is 0 Å². The van der Waals surface area contributed by atoms with E-state index in [9.17, 15) is 35.9 Å². The topological polar surface area (TPSA) is 66.1 Å². The van der Waals surface area contributed by atoms with Crippen molar-refractivity contribution in [1.29, 1.82) is 0 Å². The fourth-order valence-corrected chi connectivity index (χ4v) is 3.59. The SMILES string of the molecule is O=C(c1cc(C(F)(F)F)cc(C(F)(F)F)c1)N1CCc2nc(-c3ccccc3)[nH]c(=O)c2C1. The second-order valence-corrected chi connectivity index (χ2v) is 7.48. The van der Waals surface area contributed by atoms with Crippen molar-refractivity contribution in [1.82, 2.24) is 14.9 Å². The van der Waals surface area contributed by atoms with Crippen molar-refractivity contribution in [2.24, 2.45) is 0 Å². The molecule has 2 heterocycles. The fraction of sp³-hybridized carbons (Fsp3) is 0.227. The number of H-pyrrole nitrogens is 1. The predicted octanol–water partition coefficient (Wildman–Crippen LogP) is 4.67. The minimum atomic E-state index is -5.07. The van der Waals surface area contributed by atoms with Gasteiger partial charge in [0.05, 0.1) is 28.9 Å². The Hall–Kier alpha value is -3.63. The van der Waals surface area contributed by atoms with Gasteiger partial charge in [0.15, 0.2) is 0 Å². The number of aromatic amines is 1. The van der Waals surface area contributed by atoms with E-state index in [1.165, 1.54) is 0 Å². The molecule has 1 aromatic heterocycles. The molecule has 0 atom stereocenters. The van der Waals surface area contributed by atoms with Gasteiger partial charge < -0.3 is 9.88 Å². The van der Waals surface area contributed by atoms with Crippen molar-refractivity contribution >= 4 is 5.91 Å². The zero-order chi connectivity index (χ0) is 24.0. The zero-order valence-corrected chi connectivity index (χ0v) is 16.7. The monoisotopic (exact) mass is 467 g/mol. The number of carbonyl (C=O) groups is 1. The van der Waals surface area contributed by atoms with Crippen LogP contribution < -0.4 is 5.56 Å². The molecule has 1 N–H and O–H groups in total. The Morgan fingerprint density at radius 3 is 2.12 bits per heavy atom. The molecular weight excluding hydrogens is 452 g/mol. The lowest BCUT2D eigenvalue weighted by Gasteiger charge is -2.28. The van der Waals surface area contributed by atoms with E-state index in [-0.39, 0.29) is 31.1 Å². The van der Waals surface area contributed by atoms with Gasteiger partial charge in [-0.25, -0.2) is 4.98 Å². The lowest BCUT2D eigenvalue weighted by molar-refractivity contribution is -0.143. The van der Waals surface area contributed by atoms with Crippen molar-refractivity contribution in [2.75, 3.05) is 6.54 Å². The molecule has 33 heavy (non-hydrogen) atoms. The van der Waals surface area contributed by atoms with E-state index in [1.54, 1.807) is 30.3 Å². The summed E-state index contributed by atoms with van der Waals surface area (Å²) >= 11 is 0. The lowest BCUT2D eigenvalue weighted by atomic mass is 10.0. The fourth-order valence-electron chi connectivity index (χ4n) is 3.59. The van der Waals surface area contributed by atoms with Gasteiger partial charge in [-0.3, -0.25) is 9.59 Å². The molecular formula is C22H15F6N3O2. The second kappa shape index (κ2) is 8.05. The van der Waals surface area contributed by atoms with E-state index in [0.717, 1.165) is 4.90 Å². The maximum Gasteiger partial charge on any atom is 0.416 e. The molecule has 11 heteroatoms. The molecule has 0 spiro atoms. The number of aromatic nitrogens is 2. The van der Waals surface area contributed by atoms with Crippen molar-refractivity contribution in [3.05, 3.63) is 86.8 Å². The highest BCUT2D eigenvalue weighted by Gasteiger charge is 2.38. The Labute approximate surface area is 182 Å². The first-order chi connectivity index (χ1) is 15.4. The van der Waals surface area contributed by atoms with E-state index in [0.29, 0.717) is 29.2 Å². The number of alkyl halides is 6. The number of halogens is 6. The van der Waals surface area contributed by atoms with Gasteiger partial charge in [-0.2, -0.15) is 26.3 Å². The average molecular weight is 467 g/mol. The first kappa shape index (κ1) is 22.6. The molecule has 0 radical (unpaired) electrons. The summed E-state index contributed by atoms with van der Waals surface area (Å²) < 4.78 is 78.7. The summed E-state index contributed by atoms with van der Waals surface area (Å²) in [6.07, 6.45) is -10.0. The normalized spacial score (nSPS) is 14.2. The van der Waals surface area contributed by atoms with Gasteiger partial charge in [0.1, 0.15) is 5.82 Å². The van der Waals surface area contributed by atoms with Crippen molar-refractivity contribution in [2.45, 2.75) is 25.3 Å². The summed E-state index contributed by atoms with van der Waals surface area (Å²) in [5, 5.41) is 0. The Morgan fingerprint density at radius 2 is 1.55 bits per heavy atom. The van der Waals surface area contributed by atoms with Crippen molar-refractivity contribution in [3.8, 4) is 11.4 Å². The van der Waals surface area contributed by atoms with Gasteiger partial charge in [-0.1, -0.05) is 30.3 Å². The van der Waals surface area contributed by atoms with Crippen LogP contribution in [0.25, 0.3) is 11.4 Å². The molecule has 3 aromatic rings. The third-order valence-electron chi connectivity index (χ3n) is 5.24. The van der Waals surface area contributed by atoms with Crippen LogP contribution >= 0.6 is 0 Å². The average Bonchev–Trinajstić information content (AvgIpc) is 2.77. The number of nitrogens with one attached hydrogen (secondary N) is 1. The Balaban J connectivity index is 1.67. The van der Waals surface area contributed by atoms with Gasteiger partial charge in [0.2, 0.25) is 0 Å². The van der Waals surface area contributed by atoms with Crippen LogP contribution in [0.4, 0.5) is 26.3 Å². The van der Waals surface area contributed by atoms with Gasteiger partial charge in [0, 0.05) is 24.1 Å². The highest BCUT2D eigenvalue weighted by molar-refractivity contribution is 5.94. The summed E-state index contributed by atoms with van der Waals surface area (Å²) in [4.78, 5) is 33.5. The molecule has 0 unspecified atom stereocenters. The maximum absolute atomic E-state index is 13.1. The quantitative estimate of drug-likeness (QED) is 0.557. The molecule has 0 aliphatic carbocycles.